The Hall–Kier alpha value is -4.88. The number of benzene rings is 6. The summed E-state index contributed by atoms with van der Waals surface area (Å²) in [5.41, 5.74) is 20.6. The first kappa shape index (κ1) is 34.2. The lowest BCUT2D eigenvalue weighted by molar-refractivity contribution is 0.420. The van der Waals surface area contributed by atoms with Gasteiger partial charge in [-0.3, -0.25) is 0 Å². The van der Waals surface area contributed by atoms with Gasteiger partial charge in [0, 0.05) is 27.9 Å². The molecule has 0 amide bonds. The zero-order valence-corrected chi connectivity index (χ0v) is 34.2. The van der Waals surface area contributed by atoms with E-state index in [0.717, 1.165) is 35.5 Å². The highest BCUT2D eigenvalue weighted by Gasteiger charge is 2.43. The molecule has 6 aromatic carbocycles. The SMILES string of the molecule is CC1(C)c2ccccc2-c2cccc(-c3cccc4c3C(C)(C)c3cc(N(c5ccc(C6CC7CCC6C7)cc5)c5ccc(C6CC7CCC6C7)cc5)ccc3-4)c21. The second kappa shape index (κ2) is 12.3. The molecule has 0 N–H and O–H groups in total. The minimum absolute atomic E-state index is 0.0751. The maximum atomic E-state index is 2.54. The Labute approximate surface area is 340 Å². The minimum atomic E-state index is -0.182. The summed E-state index contributed by atoms with van der Waals surface area (Å²) in [5.74, 6) is 5.17. The molecular formula is C56H55N. The fraction of sp³-hybridized carbons (Fsp3) is 0.357. The van der Waals surface area contributed by atoms with Crippen LogP contribution < -0.4 is 4.90 Å². The van der Waals surface area contributed by atoms with Crippen LogP contribution >= 0.6 is 0 Å². The van der Waals surface area contributed by atoms with Gasteiger partial charge in [0.05, 0.1) is 0 Å². The summed E-state index contributed by atoms with van der Waals surface area (Å²) >= 11 is 0. The van der Waals surface area contributed by atoms with E-state index in [2.05, 4.69) is 160 Å². The Bertz CT molecular complexity index is 2500. The molecule has 4 bridgehead atoms. The number of fused-ring (bicyclic) bond motifs is 10. The standard InChI is InChI=1S/C56H55N/c1-55(2)51-14-6-5-9-43(51)45-10-7-12-47(53(45)55)48-13-8-11-46-44-28-27-42(33-52(44)56(3,4)54(46)48)57(40-23-19-36(20-24-40)49-31-34-15-17-38(49)29-34)41-25-21-37(22-26-41)50-32-35-16-18-39(50)30-35/h5-14,19-28,33-35,38-39,49-50H,15-18,29-32H2,1-4H3. The third kappa shape index (κ3) is 5.00. The van der Waals surface area contributed by atoms with Crippen molar-refractivity contribution >= 4 is 17.1 Å². The Balaban J connectivity index is 0.953. The highest BCUT2D eigenvalue weighted by molar-refractivity contribution is 5.94. The summed E-state index contributed by atoms with van der Waals surface area (Å²) in [4.78, 5) is 2.54. The summed E-state index contributed by atoms with van der Waals surface area (Å²) in [6, 6.07) is 50.0. The van der Waals surface area contributed by atoms with E-state index in [4.69, 9.17) is 0 Å². The number of nitrogens with zero attached hydrogens (tertiary/aromatic N) is 1. The lowest BCUT2D eigenvalue weighted by atomic mass is 9.74. The van der Waals surface area contributed by atoms with Crippen molar-refractivity contribution in [1.82, 2.24) is 0 Å². The smallest absolute Gasteiger partial charge is 0.0465 e. The van der Waals surface area contributed by atoms with Gasteiger partial charge in [0.25, 0.3) is 0 Å². The molecule has 12 rings (SSSR count). The molecule has 57 heavy (non-hydrogen) atoms. The van der Waals surface area contributed by atoms with Crippen molar-refractivity contribution in [1.29, 1.82) is 0 Å². The molecule has 6 atom stereocenters. The average molecular weight is 742 g/mol. The summed E-state index contributed by atoms with van der Waals surface area (Å²) < 4.78 is 0. The van der Waals surface area contributed by atoms with Crippen molar-refractivity contribution in [2.75, 3.05) is 4.90 Å². The van der Waals surface area contributed by atoms with Crippen molar-refractivity contribution in [2.45, 2.75) is 102 Å². The lowest BCUT2D eigenvalue weighted by Gasteiger charge is -2.30. The second-order valence-electron chi connectivity index (χ2n) is 20.1. The van der Waals surface area contributed by atoms with E-state index < -0.39 is 0 Å². The zero-order chi connectivity index (χ0) is 38.2. The normalized spacial score (nSPS) is 26.3. The molecular weight excluding hydrogens is 687 g/mol. The third-order valence-electron chi connectivity index (χ3n) is 16.4. The molecule has 0 aliphatic heterocycles. The van der Waals surface area contributed by atoms with Crippen molar-refractivity contribution in [2.24, 2.45) is 23.7 Å². The van der Waals surface area contributed by atoms with E-state index in [0.29, 0.717) is 0 Å². The molecule has 1 nitrogen and oxygen atoms in total. The molecule has 6 aliphatic rings. The van der Waals surface area contributed by atoms with Crippen LogP contribution in [0.4, 0.5) is 17.1 Å². The van der Waals surface area contributed by atoms with E-state index in [-0.39, 0.29) is 10.8 Å². The second-order valence-corrected chi connectivity index (χ2v) is 20.1. The van der Waals surface area contributed by atoms with Gasteiger partial charge >= 0.3 is 0 Å². The van der Waals surface area contributed by atoms with Crippen LogP contribution in [0.15, 0.2) is 127 Å². The molecule has 6 aliphatic carbocycles. The fourth-order valence-corrected chi connectivity index (χ4v) is 13.8. The first-order valence-corrected chi connectivity index (χ1v) is 22.3. The van der Waals surface area contributed by atoms with Gasteiger partial charge in [0.2, 0.25) is 0 Å². The first-order chi connectivity index (χ1) is 27.7. The number of hydrogen-bond acceptors (Lipinski definition) is 1. The topological polar surface area (TPSA) is 3.24 Å². The monoisotopic (exact) mass is 741 g/mol. The molecule has 0 aromatic heterocycles. The van der Waals surface area contributed by atoms with Gasteiger partial charge in [-0.1, -0.05) is 132 Å². The van der Waals surface area contributed by atoms with E-state index in [1.54, 1.807) is 11.1 Å². The van der Waals surface area contributed by atoms with Crippen molar-refractivity contribution in [3.05, 3.63) is 161 Å². The first-order valence-electron chi connectivity index (χ1n) is 22.3. The van der Waals surface area contributed by atoms with Gasteiger partial charge in [-0.15, -0.1) is 0 Å². The molecule has 6 unspecified atom stereocenters. The van der Waals surface area contributed by atoms with Crippen molar-refractivity contribution in [3.63, 3.8) is 0 Å². The van der Waals surface area contributed by atoms with Crippen LogP contribution in [0.5, 0.6) is 0 Å². The third-order valence-corrected chi connectivity index (χ3v) is 16.4. The molecule has 6 aromatic rings. The maximum Gasteiger partial charge on any atom is 0.0465 e. The van der Waals surface area contributed by atoms with Crippen LogP contribution in [0.3, 0.4) is 0 Å². The molecule has 1 heteroatoms. The van der Waals surface area contributed by atoms with E-state index in [1.807, 2.05) is 0 Å². The van der Waals surface area contributed by atoms with Crippen LogP contribution in [0, 0.1) is 23.7 Å². The van der Waals surface area contributed by atoms with E-state index in [1.165, 1.54) is 124 Å². The Morgan fingerprint density at radius 1 is 0.404 bits per heavy atom. The van der Waals surface area contributed by atoms with Crippen molar-refractivity contribution in [3.8, 4) is 33.4 Å². The highest BCUT2D eigenvalue weighted by Crippen LogP contribution is 2.58. The zero-order valence-electron chi connectivity index (χ0n) is 34.2. The minimum Gasteiger partial charge on any atom is -0.310 e. The number of anilines is 3. The molecule has 284 valence electrons. The largest absolute Gasteiger partial charge is 0.310 e. The summed E-state index contributed by atoms with van der Waals surface area (Å²) in [5, 5.41) is 0. The molecule has 0 saturated heterocycles. The van der Waals surface area contributed by atoms with Gasteiger partial charge in [0.1, 0.15) is 0 Å². The van der Waals surface area contributed by atoms with Gasteiger partial charge in [-0.2, -0.15) is 0 Å². The van der Waals surface area contributed by atoms with Gasteiger partial charge < -0.3 is 4.90 Å². The van der Waals surface area contributed by atoms with Gasteiger partial charge in [-0.25, -0.2) is 0 Å². The molecule has 0 spiro atoms. The predicted molar refractivity (Wildman–Crippen MR) is 238 cm³/mol. The predicted octanol–water partition coefficient (Wildman–Crippen LogP) is 15.2. The van der Waals surface area contributed by atoms with E-state index >= 15 is 0 Å². The Morgan fingerprint density at radius 3 is 1.33 bits per heavy atom. The number of rotatable bonds is 6. The Kier molecular flexibility index (Phi) is 7.39. The molecule has 0 heterocycles. The quantitative estimate of drug-likeness (QED) is 0.164. The molecule has 4 saturated carbocycles. The molecule has 4 fully saturated rings. The fourth-order valence-electron chi connectivity index (χ4n) is 13.8. The van der Waals surface area contributed by atoms with Crippen molar-refractivity contribution < 1.29 is 0 Å². The van der Waals surface area contributed by atoms with Crippen LogP contribution in [-0.4, -0.2) is 0 Å². The van der Waals surface area contributed by atoms with Crippen LogP contribution in [0.25, 0.3) is 33.4 Å². The van der Waals surface area contributed by atoms with Gasteiger partial charge in [0.15, 0.2) is 0 Å². The summed E-state index contributed by atoms with van der Waals surface area (Å²) in [6.07, 6.45) is 11.4. The highest BCUT2D eigenvalue weighted by atomic mass is 15.1. The summed E-state index contributed by atoms with van der Waals surface area (Å²) in [7, 11) is 0. The van der Waals surface area contributed by atoms with Crippen LogP contribution in [0.2, 0.25) is 0 Å². The van der Waals surface area contributed by atoms with Gasteiger partial charge in [-0.05, 0) is 177 Å². The average Bonchev–Trinajstić information content (AvgIpc) is 4.12. The van der Waals surface area contributed by atoms with Crippen LogP contribution in [0.1, 0.15) is 124 Å². The van der Waals surface area contributed by atoms with Crippen LogP contribution in [-0.2, 0) is 10.8 Å². The summed E-state index contributed by atoms with van der Waals surface area (Å²) in [6.45, 7) is 9.76. The maximum absolute atomic E-state index is 2.54. The lowest BCUT2D eigenvalue weighted by Crippen LogP contribution is -2.19. The Morgan fingerprint density at radius 2 is 0.842 bits per heavy atom. The van der Waals surface area contributed by atoms with E-state index in [9.17, 15) is 0 Å². The number of hydrogen-bond donors (Lipinski definition) is 0. The molecule has 0 radical (unpaired) electrons.